The first-order valence-electron chi connectivity index (χ1n) is 6.45. The van der Waals surface area contributed by atoms with E-state index in [1.807, 2.05) is 48.5 Å². The van der Waals surface area contributed by atoms with E-state index in [1.54, 1.807) is 0 Å². The Kier molecular flexibility index (Phi) is 3.82. The highest BCUT2D eigenvalue weighted by Gasteiger charge is 2.12. The monoisotopic (exact) mass is 254 g/mol. The molecule has 0 N–H and O–H groups in total. The summed E-state index contributed by atoms with van der Waals surface area (Å²) in [6.07, 6.45) is 0. The van der Waals surface area contributed by atoms with E-state index in [-0.39, 0.29) is 5.78 Å². The third-order valence-electron chi connectivity index (χ3n) is 2.88. The van der Waals surface area contributed by atoms with Gasteiger partial charge < -0.3 is 4.48 Å². The third-order valence-corrected chi connectivity index (χ3v) is 2.88. The quantitative estimate of drug-likeness (QED) is 0.605. The van der Waals surface area contributed by atoms with Gasteiger partial charge in [0.05, 0.1) is 21.1 Å². The fourth-order valence-corrected chi connectivity index (χ4v) is 2.11. The summed E-state index contributed by atoms with van der Waals surface area (Å²) in [6, 6.07) is 17.3. The van der Waals surface area contributed by atoms with E-state index in [2.05, 4.69) is 27.2 Å². The second-order valence-corrected chi connectivity index (χ2v) is 5.84. The van der Waals surface area contributed by atoms with Crippen LogP contribution < -0.4 is 0 Å². The fourth-order valence-electron chi connectivity index (χ4n) is 2.11. The lowest BCUT2D eigenvalue weighted by molar-refractivity contribution is -0.884. The second-order valence-electron chi connectivity index (χ2n) is 5.84. The van der Waals surface area contributed by atoms with Crippen molar-refractivity contribution in [2.75, 3.05) is 21.1 Å². The van der Waals surface area contributed by atoms with Crippen LogP contribution in [0.1, 0.15) is 21.5 Å². The van der Waals surface area contributed by atoms with Gasteiger partial charge in [0.1, 0.15) is 6.54 Å². The molecule has 0 aromatic heterocycles. The van der Waals surface area contributed by atoms with Gasteiger partial charge in [0.2, 0.25) is 0 Å². The number of benzene rings is 2. The number of quaternary nitrogens is 1. The SMILES string of the molecule is C[N+](C)(C)Cc1cccc(C(=O)c2ccccc2)c1. The Hall–Kier alpha value is -1.93. The van der Waals surface area contributed by atoms with E-state index in [0.717, 1.165) is 22.2 Å². The summed E-state index contributed by atoms with van der Waals surface area (Å²) in [5.74, 6) is 0.0869. The molecule has 2 nitrogen and oxygen atoms in total. The van der Waals surface area contributed by atoms with Gasteiger partial charge in [-0.05, 0) is 6.07 Å². The van der Waals surface area contributed by atoms with Gasteiger partial charge in [0.25, 0.3) is 0 Å². The first-order chi connectivity index (χ1) is 8.96. The molecule has 0 saturated carbocycles. The molecule has 0 radical (unpaired) electrons. The van der Waals surface area contributed by atoms with Crippen LogP contribution in [0.25, 0.3) is 0 Å². The average Bonchev–Trinajstić information content (AvgIpc) is 2.37. The molecule has 2 aromatic carbocycles. The minimum Gasteiger partial charge on any atom is -0.327 e. The van der Waals surface area contributed by atoms with Crippen LogP contribution in [-0.4, -0.2) is 31.4 Å². The van der Waals surface area contributed by atoms with Crippen LogP contribution in [0.2, 0.25) is 0 Å². The van der Waals surface area contributed by atoms with Crippen molar-refractivity contribution < 1.29 is 9.28 Å². The van der Waals surface area contributed by atoms with Gasteiger partial charge in [-0.15, -0.1) is 0 Å². The van der Waals surface area contributed by atoms with Crippen LogP contribution in [-0.2, 0) is 6.54 Å². The fraction of sp³-hybridized carbons (Fsp3) is 0.235. The Balaban J connectivity index is 2.27. The zero-order chi connectivity index (χ0) is 13.9. The van der Waals surface area contributed by atoms with E-state index >= 15 is 0 Å². The summed E-state index contributed by atoms with van der Waals surface area (Å²) in [7, 11) is 6.43. The van der Waals surface area contributed by atoms with Gasteiger partial charge in [-0.1, -0.05) is 48.5 Å². The average molecular weight is 254 g/mol. The first kappa shape index (κ1) is 13.5. The highest BCUT2D eigenvalue weighted by atomic mass is 16.1. The van der Waals surface area contributed by atoms with Crippen LogP contribution in [0, 0.1) is 0 Å². The van der Waals surface area contributed by atoms with Gasteiger partial charge >= 0.3 is 0 Å². The molecule has 98 valence electrons. The summed E-state index contributed by atoms with van der Waals surface area (Å²) < 4.78 is 0.850. The molecule has 0 aliphatic rings. The van der Waals surface area contributed by atoms with Crippen molar-refractivity contribution in [3.8, 4) is 0 Å². The van der Waals surface area contributed by atoms with E-state index in [1.165, 1.54) is 5.56 Å². The highest BCUT2D eigenvalue weighted by Crippen LogP contribution is 2.14. The molecule has 2 aromatic rings. The molecule has 0 aliphatic carbocycles. The van der Waals surface area contributed by atoms with Gasteiger partial charge in [0.15, 0.2) is 5.78 Å². The van der Waals surface area contributed by atoms with E-state index in [4.69, 9.17) is 0 Å². The number of nitrogens with zero attached hydrogens (tertiary/aromatic N) is 1. The molecule has 0 atom stereocenters. The van der Waals surface area contributed by atoms with Gasteiger partial charge in [-0.2, -0.15) is 0 Å². The largest absolute Gasteiger partial charge is 0.327 e. The summed E-state index contributed by atoms with van der Waals surface area (Å²) in [5.41, 5.74) is 2.69. The molecule has 0 saturated heterocycles. The Bertz CT molecular complexity index is 567. The molecule has 0 amide bonds. The number of ketones is 1. The minimum absolute atomic E-state index is 0.0869. The van der Waals surface area contributed by atoms with Crippen LogP contribution >= 0.6 is 0 Å². The molecule has 0 spiro atoms. The summed E-state index contributed by atoms with van der Waals surface area (Å²) in [4.78, 5) is 12.4. The minimum atomic E-state index is 0.0869. The van der Waals surface area contributed by atoms with Gasteiger partial charge in [-0.25, -0.2) is 0 Å². The predicted octanol–water partition coefficient (Wildman–Crippen LogP) is 3.12. The highest BCUT2D eigenvalue weighted by molar-refractivity contribution is 6.09. The van der Waals surface area contributed by atoms with Crippen molar-refractivity contribution >= 4 is 5.78 Å². The Labute approximate surface area is 114 Å². The number of carbonyl (C=O) groups excluding carboxylic acids is 1. The first-order valence-corrected chi connectivity index (χ1v) is 6.45. The van der Waals surface area contributed by atoms with Crippen molar-refractivity contribution in [2.45, 2.75) is 6.54 Å². The lowest BCUT2D eigenvalue weighted by Gasteiger charge is -2.24. The van der Waals surface area contributed by atoms with Crippen LogP contribution in [0.3, 0.4) is 0 Å². The molecule has 0 fully saturated rings. The molecule has 0 unspecified atom stereocenters. The number of carbonyl (C=O) groups is 1. The van der Waals surface area contributed by atoms with Crippen molar-refractivity contribution in [3.05, 3.63) is 71.3 Å². The van der Waals surface area contributed by atoms with Crippen molar-refractivity contribution in [2.24, 2.45) is 0 Å². The second kappa shape index (κ2) is 5.37. The number of rotatable bonds is 4. The van der Waals surface area contributed by atoms with Gasteiger partial charge in [0, 0.05) is 16.7 Å². The predicted molar refractivity (Wildman–Crippen MR) is 78.1 cm³/mol. The maximum absolute atomic E-state index is 12.4. The van der Waals surface area contributed by atoms with Gasteiger partial charge in [-0.3, -0.25) is 4.79 Å². The molecular formula is C17H20NO+. The number of hydrogen-bond donors (Lipinski definition) is 0. The molecule has 19 heavy (non-hydrogen) atoms. The van der Waals surface area contributed by atoms with Crippen molar-refractivity contribution in [3.63, 3.8) is 0 Å². The molecule has 0 aliphatic heterocycles. The van der Waals surface area contributed by atoms with E-state index < -0.39 is 0 Å². The number of hydrogen-bond acceptors (Lipinski definition) is 1. The Morgan fingerprint density at radius 1 is 0.895 bits per heavy atom. The Morgan fingerprint density at radius 2 is 1.53 bits per heavy atom. The maximum Gasteiger partial charge on any atom is 0.193 e. The Morgan fingerprint density at radius 3 is 2.16 bits per heavy atom. The van der Waals surface area contributed by atoms with Crippen molar-refractivity contribution in [1.82, 2.24) is 0 Å². The van der Waals surface area contributed by atoms with Crippen molar-refractivity contribution in [1.29, 1.82) is 0 Å². The van der Waals surface area contributed by atoms with Crippen LogP contribution in [0.5, 0.6) is 0 Å². The molecule has 2 rings (SSSR count). The zero-order valence-corrected chi connectivity index (χ0v) is 11.8. The third kappa shape index (κ3) is 3.76. The topological polar surface area (TPSA) is 17.1 Å². The van der Waals surface area contributed by atoms with Crippen LogP contribution in [0.15, 0.2) is 54.6 Å². The smallest absolute Gasteiger partial charge is 0.193 e. The normalized spacial score (nSPS) is 11.3. The summed E-state index contributed by atoms with van der Waals surface area (Å²) in [5, 5.41) is 0. The zero-order valence-electron chi connectivity index (χ0n) is 11.8. The summed E-state index contributed by atoms with van der Waals surface area (Å²) >= 11 is 0. The molecule has 2 heteroatoms. The lowest BCUT2D eigenvalue weighted by Crippen LogP contribution is -2.33. The molecule has 0 heterocycles. The summed E-state index contributed by atoms with van der Waals surface area (Å²) in [6.45, 7) is 0.913. The maximum atomic E-state index is 12.4. The molecule has 0 bridgehead atoms. The van der Waals surface area contributed by atoms with E-state index in [0.29, 0.717) is 0 Å². The standard InChI is InChI=1S/C17H20NO/c1-18(2,3)13-14-8-7-11-16(12-14)17(19)15-9-5-4-6-10-15/h4-12H,13H2,1-3H3/q+1. The molecular weight excluding hydrogens is 234 g/mol. The van der Waals surface area contributed by atoms with Crippen LogP contribution in [0.4, 0.5) is 0 Å². The lowest BCUT2D eigenvalue weighted by atomic mass is 10.0. The van der Waals surface area contributed by atoms with E-state index in [9.17, 15) is 4.79 Å².